The highest BCUT2D eigenvalue weighted by Crippen LogP contribution is 2.49. The van der Waals surface area contributed by atoms with Gasteiger partial charge in [0.2, 0.25) is 0 Å². The predicted octanol–water partition coefficient (Wildman–Crippen LogP) is 6.33. The highest BCUT2D eigenvalue weighted by atomic mass is 35.5. The molecule has 0 radical (unpaired) electrons. The molecule has 0 fully saturated rings. The van der Waals surface area contributed by atoms with Crippen LogP contribution in [0.25, 0.3) is 0 Å². The van der Waals surface area contributed by atoms with Crippen LogP contribution >= 0.6 is 34.7 Å². The van der Waals surface area contributed by atoms with Gasteiger partial charge in [0.25, 0.3) is 5.91 Å². The lowest BCUT2D eigenvalue weighted by Crippen LogP contribution is -2.27. The molecule has 25 heavy (non-hydrogen) atoms. The molecule has 0 spiro atoms. The average Bonchev–Trinajstić information content (AvgIpc) is 3.21. The molecule has 1 aromatic heterocycles. The van der Waals surface area contributed by atoms with E-state index in [1.807, 2.05) is 41.3 Å². The Morgan fingerprint density at radius 2 is 1.84 bits per heavy atom. The van der Waals surface area contributed by atoms with Crippen LogP contribution in [0.15, 0.2) is 58.3 Å². The Kier molecular flexibility index (Phi) is 3.66. The maximum atomic E-state index is 13.4. The van der Waals surface area contributed by atoms with Crippen LogP contribution in [0.3, 0.4) is 0 Å². The van der Waals surface area contributed by atoms with Gasteiger partial charge in [-0.25, -0.2) is 0 Å². The van der Waals surface area contributed by atoms with Gasteiger partial charge in [0.1, 0.15) is 0 Å². The molecule has 2 aliphatic rings. The van der Waals surface area contributed by atoms with E-state index in [1.54, 1.807) is 23.1 Å². The van der Waals surface area contributed by atoms with E-state index in [1.165, 1.54) is 16.9 Å². The number of rotatable bonds is 1. The van der Waals surface area contributed by atoms with Crippen LogP contribution < -0.4 is 4.90 Å². The molecule has 124 valence electrons. The van der Waals surface area contributed by atoms with Crippen molar-refractivity contribution < 1.29 is 4.79 Å². The number of carbonyl (C=O) groups is 1. The van der Waals surface area contributed by atoms with Gasteiger partial charge in [-0.2, -0.15) is 0 Å². The first-order valence-electron chi connectivity index (χ1n) is 8.23. The third kappa shape index (κ3) is 2.51. The Morgan fingerprint density at radius 1 is 1.00 bits per heavy atom. The highest BCUT2D eigenvalue weighted by Gasteiger charge is 2.31. The molecular formula is C20H14ClNOS2. The Labute approximate surface area is 159 Å². The van der Waals surface area contributed by atoms with Crippen molar-refractivity contribution in [2.24, 2.45) is 0 Å². The maximum Gasteiger partial charge on any atom is 0.272 e. The lowest BCUT2D eigenvalue weighted by Gasteiger charge is -2.30. The smallest absolute Gasteiger partial charge is 0.272 e. The summed E-state index contributed by atoms with van der Waals surface area (Å²) in [6.45, 7) is 0. The summed E-state index contributed by atoms with van der Waals surface area (Å²) < 4.78 is 0. The summed E-state index contributed by atoms with van der Waals surface area (Å²) in [5.41, 5.74) is 3.15. The molecule has 1 aliphatic carbocycles. The van der Waals surface area contributed by atoms with E-state index in [0.29, 0.717) is 5.02 Å². The zero-order valence-electron chi connectivity index (χ0n) is 13.3. The fraction of sp³-hybridized carbons (Fsp3) is 0.150. The first-order valence-corrected chi connectivity index (χ1v) is 10.2. The molecule has 0 unspecified atom stereocenters. The molecule has 2 heterocycles. The molecule has 0 atom stereocenters. The molecule has 2 aromatic carbocycles. The summed E-state index contributed by atoms with van der Waals surface area (Å²) in [7, 11) is 0. The van der Waals surface area contributed by atoms with Gasteiger partial charge >= 0.3 is 0 Å². The minimum atomic E-state index is 0.0377. The monoisotopic (exact) mass is 383 g/mol. The Morgan fingerprint density at radius 3 is 2.72 bits per heavy atom. The molecule has 5 heteroatoms. The van der Waals surface area contributed by atoms with Gasteiger partial charge in [-0.1, -0.05) is 35.5 Å². The maximum absolute atomic E-state index is 13.4. The van der Waals surface area contributed by atoms with Crippen LogP contribution in [0, 0.1) is 0 Å². The van der Waals surface area contributed by atoms with Crippen molar-refractivity contribution in [1.82, 2.24) is 0 Å². The fourth-order valence-corrected chi connectivity index (χ4v) is 5.88. The van der Waals surface area contributed by atoms with Crippen molar-refractivity contribution >= 4 is 52.0 Å². The Balaban J connectivity index is 1.66. The van der Waals surface area contributed by atoms with Crippen molar-refractivity contribution in [1.29, 1.82) is 0 Å². The SMILES string of the molecule is O=C(c1cc2c(s1)CCC2)N1c2ccccc2Sc2ccc(Cl)cc21. The van der Waals surface area contributed by atoms with Crippen LogP contribution in [0.4, 0.5) is 11.4 Å². The zero-order chi connectivity index (χ0) is 17.0. The fourth-order valence-electron chi connectivity index (χ4n) is 3.49. The molecule has 0 N–H and O–H groups in total. The van der Waals surface area contributed by atoms with Crippen molar-refractivity contribution in [3.63, 3.8) is 0 Å². The summed E-state index contributed by atoms with van der Waals surface area (Å²) >= 11 is 9.56. The number of amides is 1. The van der Waals surface area contributed by atoms with Crippen LogP contribution in [0.2, 0.25) is 5.02 Å². The number of aryl methyl sites for hydroxylation is 2. The molecule has 5 rings (SSSR count). The standard InChI is InChI=1S/C20H14ClNOS2/c21-13-8-9-18-15(11-13)22(14-5-1-2-6-17(14)25-18)20(23)19-10-12-4-3-7-16(12)24-19/h1-2,5-6,8-11H,3-4,7H2. The third-order valence-electron chi connectivity index (χ3n) is 4.65. The predicted molar refractivity (Wildman–Crippen MR) is 105 cm³/mol. The first-order chi connectivity index (χ1) is 12.2. The zero-order valence-corrected chi connectivity index (χ0v) is 15.7. The van der Waals surface area contributed by atoms with E-state index in [4.69, 9.17) is 11.6 Å². The number of halogens is 1. The quantitative estimate of drug-likeness (QED) is 0.489. The first kappa shape index (κ1) is 15.5. The topological polar surface area (TPSA) is 20.3 Å². The number of thiophene rings is 1. The minimum Gasteiger partial charge on any atom is -0.274 e. The molecule has 0 bridgehead atoms. The summed E-state index contributed by atoms with van der Waals surface area (Å²) in [5, 5.41) is 0.644. The normalized spacial score (nSPS) is 14.8. The van der Waals surface area contributed by atoms with Crippen LogP contribution in [-0.2, 0) is 12.8 Å². The van der Waals surface area contributed by atoms with E-state index in [2.05, 4.69) is 12.1 Å². The van der Waals surface area contributed by atoms with Crippen molar-refractivity contribution in [2.75, 3.05) is 4.90 Å². The Hall–Kier alpha value is -1.75. The molecule has 0 saturated heterocycles. The van der Waals surface area contributed by atoms with Gasteiger partial charge in [-0.3, -0.25) is 9.69 Å². The molecule has 0 saturated carbocycles. The molecule has 1 amide bonds. The van der Waals surface area contributed by atoms with Crippen molar-refractivity contribution in [2.45, 2.75) is 29.1 Å². The number of benzene rings is 2. The number of para-hydroxylation sites is 1. The number of anilines is 2. The number of hydrogen-bond acceptors (Lipinski definition) is 3. The second kappa shape index (κ2) is 5.90. The van der Waals surface area contributed by atoms with Gasteiger partial charge in [0.05, 0.1) is 16.3 Å². The molecule has 3 aromatic rings. The summed E-state index contributed by atoms with van der Waals surface area (Å²) in [6, 6.07) is 15.9. The van der Waals surface area contributed by atoms with Gasteiger partial charge in [0.15, 0.2) is 0 Å². The molecular weight excluding hydrogens is 370 g/mol. The Bertz CT molecular complexity index is 989. The summed E-state index contributed by atoms with van der Waals surface area (Å²) in [4.78, 5) is 19.6. The van der Waals surface area contributed by atoms with Crippen molar-refractivity contribution in [3.05, 3.63) is 68.9 Å². The van der Waals surface area contributed by atoms with Crippen LogP contribution in [-0.4, -0.2) is 5.91 Å². The minimum absolute atomic E-state index is 0.0377. The van der Waals surface area contributed by atoms with Gasteiger partial charge in [0, 0.05) is 19.7 Å². The number of hydrogen-bond donors (Lipinski definition) is 0. The number of fused-ring (bicyclic) bond motifs is 3. The summed E-state index contributed by atoms with van der Waals surface area (Å²) in [6.07, 6.45) is 3.40. The number of carbonyl (C=O) groups excluding carboxylic acids is 1. The van der Waals surface area contributed by atoms with Gasteiger partial charge in [-0.05, 0) is 61.2 Å². The molecule has 1 aliphatic heterocycles. The van der Waals surface area contributed by atoms with Gasteiger partial charge in [-0.15, -0.1) is 11.3 Å². The van der Waals surface area contributed by atoms with Crippen LogP contribution in [0.5, 0.6) is 0 Å². The van der Waals surface area contributed by atoms with E-state index in [0.717, 1.165) is 38.9 Å². The van der Waals surface area contributed by atoms with Crippen molar-refractivity contribution in [3.8, 4) is 0 Å². The highest BCUT2D eigenvalue weighted by molar-refractivity contribution is 7.99. The summed E-state index contributed by atoms with van der Waals surface area (Å²) in [5.74, 6) is 0.0377. The lowest BCUT2D eigenvalue weighted by molar-refractivity contribution is 0.100. The van der Waals surface area contributed by atoms with E-state index < -0.39 is 0 Å². The van der Waals surface area contributed by atoms with Crippen LogP contribution in [0.1, 0.15) is 26.5 Å². The molecule has 2 nitrogen and oxygen atoms in total. The second-order valence-electron chi connectivity index (χ2n) is 6.24. The van der Waals surface area contributed by atoms with E-state index in [-0.39, 0.29) is 5.91 Å². The lowest BCUT2D eigenvalue weighted by atomic mass is 10.2. The van der Waals surface area contributed by atoms with Gasteiger partial charge < -0.3 is 0 Å². The number of nitrogens with zero attached hydrogens (tertiary/aromatic N) is 1. The van der Waals surface area contributed by atoms with E-state index in [9.17, 15) is 4.79 Å². The third-order valence-corrected chi connectivity index (χ3v) is 7.24. The second-order valence-corrected chi connectivity index (χ2v) is 8.89. The average molecular weight is 384 g/mol. The van der Waals surface area contributed by atoms with E-state index >= 15 is 0 Å². The largest absolute Gasteiger partial charge is 0.274 e.